The smallest absolute Gasteiger partial charge is 0.107 e. The molecule has 0 saturated carbocycles. The summed E-state index contributed by atoms with van der Waals surface area (Å²) in [5.74, 6) is 0. The van der Waals surface area contributed by atoms with Crippen LogP contribution in [-0.4, -0.2) is 16.3 Å². The van der Waals surface area contributed by atoms with E-state index in [0.29, 0.717) is 5.69 Å². The van der Waals surface area contributed by atoms with Crippen LogP contribution in [0.1, 0.15) is 23.7 Å². The summed E-state index contributed by atoms with van der Waals surface area (Å²) in [6.45, 7) is 0. The fourth-order valence-electron chi connectivity index (χ4n) is 1.34. The van der Waals surface area contributed by atoms with Crippen LogP contribution in [0.15, 0.2) is 18.2 Å². The van der Waals surface area contributed by atoms with Gasteiger partial charge in [0.05, 0.1) is 30.2 Å². The maximum absolute atomic E-state index is 9.75. The number of nitriles is 2. The molecule has 0 aliphatic heterocycles. The molecule has 0 aromatic heterocycles. The summed E-state index contributed by atoms with van der Waals surface area (Å²) in [6, 6.07) is 8.06. The van der Waals surface area contributed by atoms with E-state index in [4.69, 9.17) is 16.3 Å². The molecule has 0 radical (unpaired) electrons. The van der Waals surface area contributed by atoms with E-state index < -0.39 is 12.2 Å². The van der Waals surface area contributed by atoms with Gasteiger partial charge in [-0.15, -0.1) is 0 Å². The molecule has 5 nitrogen and oxygen atoms in total. The minimum absolute atomic E-state index is 0.208. The lowest BCUT2D eigenvalue weighted by molar-refractivity contribution is 0.0215. The zero-order chi connectivity index (χ0) is 12.1. The second-order valence-electron chi connectivity index (χ2n) is 3.33. The molecule has 5 heteroatoms. The Morgan fingerprint density at radius 1 is 1.31 bits per heavy atom. The first-order chi connectivity index (χ1) is 7.60. The average Bonchev–Trinajstić information content (AvgIpc) is 2.28. The standard InChI is InChI=1S/C11H11N3O2/c12-4-3-10(15)11(16)9-5-8(14)2-1-7(9)6-13/h1-2,5,10-11,15-16H,3,14H2. The van der Waals surface area contributed by atoms with Gasteiger partial charge in [0.25, 0.3) is 0 Å². The third-order valence-corrected chi connectivity index (χ3v) is 2.18. The molecule has 0 saturated heterocycles. The summed E-state index contributed by atoms with van der Waals surface area (Å²) in [6.07, 6.45) is -2.71. The zero-order valence-corrected chi connectivity index (χ0v) is 8.46. The molecular formula is C11H11N3O2. The van der Waals surface area contributed by atoms with Gasteiger partial charge in [-0.1, -0.05) is 0 Å². The third-order valence-electron chi connectivity index (χ3n) is 2.18. The van der Waals surface area contributed by atoms with Gasteiger partial charge in [-0.25, -0.2) is 0 Å². The van der Waals surface area contributed by atoms with Crippen molar-refractivity contribution >= 4 is 5.69 Å². The Bertz CT molecular complexity index is 459. The normalized spacial score (nSPS) is 13.5. The largest absolute Gasteiger partial charge is 0.399 e. The molecule has 4 N–H and O–H groups in total. The summed E-state index contributed by atoms with van der Waals surface area (Å²) >= 11 is 0. The van der Waals surface area contributed by atoms with Gasteiger partial charge in [-0.2, -0.15) is 10.5 Å². The van der Waals surface area contributed by atoms with Crippen LogP contribution in [0.4, 0.5) is 5.69 Å². The van der Waals surface area contributed by atoms with Crippen LogP contribution in [0.5, 0.6) is 0 Å². The molecule has 0 fully saturated rings. The maximum atomic E-state index is 9.75. The number of nitrogen functional groups attached to an aromatic ring is 1. The molecule has 0 amide bonds. The number of hydrogen-bond donors (Lipinski definition) is 3. The van der Waals surface area contributed by atoms with Crippen molar-refractivity contribution in [2.45, 2.75) is 18.6 Å². The Hall–Kier alpha value is -2.08. The highest BCUT2D eigenvalue weighted by Gasteiger charge is 2.21. The van der Waals surface area contributed by atoms with Crippen LogP contribution < -0.4 is 5.73 Å². The predicted octanol–water partition coefficient (Wildman–Crippen LogP) is 0.448. The zero-order valence-electron chi connectivity index (χ0n) is 8.46. The van der Waals surface area contributed by atoms with Gasteiger partial charge in [0.2, 0.25) is 0 Å². The third kappa shape index (κ3) is 2.48. The van der Waals surface area contributed by atoms with Crippen molar-refractivity contribution in [2.24, 2.45) is 0 Å². The van der Waals surface area contributed by atoms with Crippen molar-refractivity contribution in [1.82, 2.24) is 0 Å². The van der Waals surface area contributed by atoms with Crippen LogP contribution in [0, 0.1) is 22.7 Å². The summed E-state index contributed by atoms with van der Waals surface area (Å²) in [5.41, 5.74) is 6.39. The monoisotopic (exact) mass is 217 g/mol. The molecule has 1 aromatic carbocycles. The van der Waals surface area contributed by atoms with Gasteiger partial charge in [-0.05, 0) is 18.2 Å². The molecule has 0 aliphatic carbocycles. The molecule has 82 valence electrons. The lowest BCUT2D eigenvalue weighted by Gasteiger charge is -2.17. The van der Waals surface area contributed by atoms with E-state index in [9.17, 15) is 10.2 Å². The Morgan fingerprint density at radius 3 is 2.56 bits per heavy atom. The van der Waals surface area contributed by atoms with Crippen LogP contribution in [0.2, 0.25) is 0 Å². The van der Waals surface area contributed by atoms with E-state index in [1.54, 1.807) is 6.07 Å². The van der Waals surface area contributed by atoms with Crippen molar-refractivity contribution < 1.29 is 10.2 Å². The lowest BCUT2D eigenvalue weighted by atomic mass is 9.97. The Balaban J connectivity index is 3.08. The van der Waals surface area contributed by atoms with Crippen LogP contribution in [0.25, 0.3) is 0 Å². The van der Waals surface area contributed by atoms with Crippen LogP contribution >= 0.6 is 0 Å². The number of nitrogens with two attached hydrogens (primary N) is 1. The van der Waals surface area contributed by atoms with E-state index >= 15 is 0 Å². The molecular weight excluding hydrogens is 206 g/mol. The van der Waals surface area contributed by atoms with Crippen molar-refractivity contribution in [3.05, 3.63) is 29.3 Å². The molecule has 1 aromatic rings. The Morgan fingerprint density at radius 2 is 2.00 bits per heavy atom. The van der Waals surface area contributed by atoms with Gasteiger partial charge >= 0.3 is 0 Å². The van der Waals surface area contributed by atoms with E-state index in [0.717, 1.165) is 0 Å². The molecule has 0 aliphatic rings. The second-order valence-corrected chi connectivity index (χ2v) is 3.33. The van der Waals surface area contributed by atoms with Gasteiger partial charge in [0.1, 0.15) is 6.10 Å². The molecule has 0 heterocycles. The van der Waals surface area contributed by atoms with E-state index in [1.807, 2.05) is 6.07 Å². The minimum atomic E-state index is -1.28. The highest BCUT2D eigenvalue weighted by Crippen LogP contribution is 2.24. The quantitative estimate of drug-likeness (QED) is 0.636. The van der Waals surface area contributed by atoms with Gasteiger partial charge in [-0.3, -0.25) is 0 Å². The number of nitrogens with zero attached hydrogens (tertiary/aromatic N) is 2. The fraction of sp³-hybridized carbons (Fsp3) is 0.273. The van der Waals surface area contributed by atoms with Gasteiger partial charge in [0.15, 0.2) is 0 Å². The Labute approximate surface area is 93.0 Å². The topological polar surface area (TPSA) is 114 Å². The van der Waals surface area contributed by atoms with Crippen molar-refractivity contribution in [3.8, 4) is 12.1 Å². The summed E-state index contributed by atoms with van der Waals surface area (Å²) in [5, 5.41) is 36.4. The number of anilines is 1. The maximum Gasteiger partial charge on any atom is 0.107 e. The number of aliphatic hydroxyl groups is 2. The molecule has 0 spiro atoms. The van der Waals surface area contributed by atoms with Crippen LogP contribution in [-0.2, 0) is 0 Å². The predicted molar refractivity (Wildman–Crippen MR) is 56.8 cm³/mol. The van der Waals surface area contributed by atoms with Gasteiger partial charge in [0, 0.05) is 11.3 Å². The number of aliphatic hydroxyl groups excluding tert-OH is 2. The van der Waals surface area contributed by atoms with Crippen molar-refractivity contribution in [2.75, 3.05) is 5.73 Å². The highest BCUT2D eigenvalue weighted by molar-refractivity contribution is 5.50. The SMILES string of the molecule is N#CCC(O)C(O)c1cc(N)ccc1C#N. The van der Waals surface area contributed by atoms with Crippen molar-refractivity contribution in [1.29, 1.82) is 10.5 Å². The molecule has 2 unspecified atom stereocenters. The second kappa shape index (κ2) is 5.13. The summed E-state index contributed by atoms with van der Waals surface area (Å²) in [7, 11) is 0. The molecule has 1 rings (SSSR count). The van der Waals surface area contributed by atoms with E-state index in [-0.39, 0.29) is 17.5 Å². The van der Waals surface area contributed by atoms with E-state index in [1.165, 1.54) is 18.2 Å². The lowest BCUT2D eigenvalue weighted by Crippen LogP contribution is -2.18. The van der Waals surface area contributed by atoms with Gasteiger partial charge < -0.3 is 15.9 Å². The molecule has 0 bridgehead atoms. The first-order valence-electron chi connectivity index (χ1n) is 4.62. The number of benzene rings is 1. The van der Waals surface area contributed by atoms with Crippen molar-refractivity contribution in [3.63, 3.8) is 0 Å². The fourth-order valence-corrected chi connectivity index (χ4v) is 1.34. The molecule has 2 atom stereocenters. The summed E-state index contributed by atoms with van der Waals surface area (Å²) in [4.78, 5) is 0. The highest BCUT2D eigenvalue weighted by atomic mass is 16.3. The minimum Gasteiger partial charge on any atom is -0.399 e. The summed E-state index contributed by atoms with van der Waals surface area (Å²) < 4.78 is 0. The number of hydrogen-bond acceptors (Lipinski definition) is 5. The molecule has 16 heavy (non-hydrogen) atoms. The van der Waals surface area contributed by atoms with E-state index in [2.05, 4.69) is 0 Å². The van der Waals surface area contributed by atoms with Crippen LogP contribution in [0.3, 0.4) is 0 Å². The first-order valence-corrected chi connectivity index (χ1v) is 4.62. The Kier molecular flexibility index (Phi) is 3.84. The first kappa shape index (κ1) is 12.0. The number of rotatable bonds is 3. The average molecular weight is 217 g/mol.